The summed E-state index contributed by atoms with van der Waals surface area (Å²) in [5.41, 5.74) is 0.878. The Morgan fingerprint density at radius 2 is 2.39 bits per heavy atom. The third-order valence-corrected chi connectivity index (χ3v) is 4.32. The standard InChI is InChI=1S/C14H20O3S/c1-10(15)14-12(16-2)6-3-7-13(14)18-9-11-5-4-8-17-11/h3,6-7,10-11,15H,4-5,8-9H2,1-2H3. The van der Waals surface area contributed by atoms with E-state index in [2.05, 4.69) is 0 Å². The lowest BCUT2D eigenvalue weighted by atomic mass is 10.1. The van der Waals surface area contributed by atoms with E-state index in [0.717, 1.165) is 41.4 Å². The zero-order valence-corrected chi connectivity index (χ0v) is 11.7. The second-order valence-electron chi connectivity index (χ2n) is 4.49. The van der Waals surface area contributed by atoms with Crippen LogP contribution < -0.4 is 4.74 Å². The highest BCUT2D eigenvalue weighted by Crippen LogP contribution is 2.35. The van der Waals surface area contributed by atoms with Crippen LogP contribution in [0.25, 0.3) is 0 Å². The van der Waals surface area contributed by atoms with Crippen LogP contribution in [0.4, 0.5) is 0 Å². The Kier molecular flexibility index (Phi) is 4.92. The molecule has 1 aliphatic rings. The topological polar surface area (TPSA) is 38.7 Å². The van der Waals surface area contributed by atoms with Crippen molar-refractivity contribution >= 4 is 11.8 Å². The van der Waals surface area contributed by atoms with Gasteiger partial charge in [-0.2, -0.15) is 0 Å². The van der Waals surface area contributed by atoms with Crippen molar-refractivity contribution in [3.63, 3.8) is 0 Å². The van der Waals surface area contributed by atoms with Crippen molar-refractivity contribution in [2.45, 2.75) is 36.9 Å². The lowest BCUT2D eigenvalue weighted by molar-refractivity contribution is 0.129. The van der Waals surface area contributed by atoms with E-state index in [0.29, 0.717) is 6.10 Å². The molecule has 2 atom stereocenters. The van der Waals surface area contributed by atoms with Crippen molar-refractivity contribution < 1.29 is 14.6 Å². The highest BCUT2D eigenvalue weighted by Gasteiger charge is 2.19. The minimum atomic E-state index is -0.520. The van der Waals surface area contributed by atoms with E-state index >= 15 is 0 Å². The number of rotatable bonds is 5. The van der Waals surface area contributed by atoms with Gasteiger partial charge in [0.05, 0.1) is 19.3 Å². The van der Waals surface area contributed by atoms with Gasteiger partial charge in [-0.3, -0.25) is 0 Å². The van der Waals surface area contributed by atoms with E-state index in [9.17, 15) is 5.11 Å². The number of aliphatic hydroxyl groups is 1. The van der Waals surface area contributed by atoms with E-state index in [1.54, 1.807) is 25.8 Å². The highest BCUT2D eigenvalue weighted by atomic mass is 32.2. The fourth-order valence-corrected chi connectivity index (χ4v) is 3.43. The molecule has 1 aromatic carbocycles. The fraction of sp³-hybridized carbons (Fsp3) is 0.571. The summed E-state index contributed by atoms with van der Waals surface area (Å²) in [7, 11) is 1.63. The quantitative estimate of drug-likeness (QED) is 0.833. The zero-order chi connectivity index (χ0) is 13.0. The Bertz CT molecular complexity index is 387. The maximum atomic E-state index is 9.88. The molecule has 18 heavy (non-hydrogen) atoms. The summed E-state index contributed by atoms with van der Waals surface area (Å²) in [4.78, 5) is 1.08. The summed E-state index contributed by atoms with van der Waals surface area (Å²) in [5, 5.41) is 9.88. The number of methoxy groups -OCH3 is 1. The Morgan fingerprint density at radius 3 is 3.00 bits per heavy atom. The Hall–Kier alpha value is -0.710. The molecule has 1 saturated heterocycles. The minimum Gasteiger partial charge on any atom is -0.496 e. The van der Waals surface area contributed by atoms with Crippen LogP contribution in [-0.4, -0.2) is 30.7 Å². The van der Waals surface area contributed by atoms with Crippen molar-refractivity contribution in [2.75, 3.05) is 19.5 Å². The number of hydrogen-bond acceptors (Lipinski definition) is 4. The third kappa shape index (κ3) is 3.19. The number of aliphatic hydroxyl groups excluding tert-OH is 1. The predicted octanol–water partition coefficient (Wildman–Crippen LogP) is 3.02. The third-order valence-electron chi connectivity index (χ3n) is 3.11. The van der Waals surface area contributed by atoms with Crippen LogP contribution in [0.5, 0.6) is 5.75 Å². The van der Waals surface area contributed by atoms with Gasteiger partial charge < -0.3 is 14.6 Å². The molecule has 1 heterocycles. The Morgan fingerprint density at radius 1 is 1.56 bits per heavy atom. The molecule has 1 N–H and O–H groups in total. The van der Waals surface area contributed by atoms with E-state index in [-0.39, 0.29) is 0 Å². The monoisotopic (exact) mass is 268 g/mol. The second-order valence-corrected chi connectivity index (χ2v) is 5.56. The molecule has 3 nitrogen and oxygen atoms in total. The first-order chi connectivity index (χ1) is 8.72. The molecule has 2 rings (SSSR count). The first-order valence-electron chi connectivity index (χ1n) is 6.31. The van der Waals surface area contributed by atoms with Crippen LogP contribution >= 0.6 is 11.8 Å². The number of hydrogen-bond donors (Lipinski definition) is 1. The van der Waals surface area contributed by atoms with Crippen LogP contribution in [0.2, 0.25) is 0 Å². The van der Waals surface area contributed by atoms with Gasteiger partial charge in [0, 0.05) is 22.8 Å². The molecular formula is C14H20O3S. The van der Waals surface area contributed by atoms with Gasteiger partial charge in [-0.25, -0.2) is 0 Å². The average molecular weight is 268 g/mol. The molecule has 0 bridgehead atoms. The summed E-state index contributed by atoms with van der Waals surface area (Å²) in [6.45, 7) is 2.65. The predicted molar refractivity (Wildman–Crippen MR) is 73.3 cm³/mol. The maximum Gasteiger partial charge on any atom is 0.125 e. The molecule has 2 unspecified atom stereocenters. The lowest BCUT2D eigenvalue weighted by Crippen LogP contribution is -2.08. The van der Waals surface area contributed by atoms with Crippen molar-refractivity contribution in [1.29, 1.82) is 0 Å². The summed E-state index contributed by atoms with van der Waals surface area (Å²) >= 11 is 1.74. The second kappa shape index (κ2) is 6.45. The van der Waals surface area contributed by atoms with Crippen LogP contribution in [0.3, 0.4) is 0 Å². The van der Waals surface area contributed by atoms with Gasteiger partial charge in [-0.15, -0.1) is 11.8 Å². The molecular weight excluding hydrogens is 248 g/mol. The lowest BCUT2D eigenvalue weighted by Gasteiger charge is -2.17. The summed E-state index contributed by atoms with van der Waals surface area (Å²) < 4.78 is 10.9. The fourth-order valence-electron chi connectivity index (χ4n) is 2.20. The molecule has 1 fully saturated rings. The zero-order valence-electron chi connectivity index (χ0n) is 10.9. The molecule has 0 amide bonds. The van der Waals surface area contributed by atoms with Gasteiger partial charge in [0.1, 0.15) is 5.75 Å². The van der Waals surface area contributed by atoms with Crippen LogP contribution in [0.1, 0.15) is 31.4 Å². The largest absolute Gasteiger partial charge is 0.496 e. The van der Waals surface area contributed by atoms with Gasteiger partial charge in [0.25, 0.3) is 0 Å². The van der Waals surface area contributed by atoms with Crippen molar-refractivity contribution in [2.24, 2.45) is 0 Å². The van der Waals surface area contributed by atoms with E-state index in [1.807, 2.05) is 18.2 Å². The molecule has 0 radical (unpaired) electrons. The Labute approximate surface area is 112 Å². The van der Waals surface area contributed by atoms with Crippen molar-refractivity contribution in [3.05, 3.63) is 23.8 Å². The summed E-state index contributed by atoms with van der Waals surface area (Å²) in [6, 6.07) is 5.88. The smallest absolute Gasteiger partial charge is 0.125 e. The molecule has 0 spiro atoms. The molecule has 1 aliphatic heterocycles. The molecule has 0 aromatic heterocycles. The summed E-state index contributed by atoms with van der Waals surface area (Å²) in [6.07, 6.45) is 2.13. The first kappa shape index (κ1) is 13.7. The normalized spacial score (nSPS) is 20.9. The number of ether oxygens (including phenoxy) is 2. The van der Waals surface area contributed by atoms with Gasteiger partial charge in [0.15, 0.2) is 0 Å². The van der Waals surface area contributed by atoms with Crippen LogP contribution in [0, 0.1) is 0 Å². The van der Waals surface area contributed by atoms with Gasteiger partial charge in [0.2, 0.25) is 0 Å². The first-order valence-corrected chi connectivity index (χ1v) is 7.30. The summed E-state index contributed by atoms with van der Waals surface area (Å²) in [5.74, 6) is 1.69. The molecule has 0 saturated carbocycles. The van der Waals surface area contributed by atoms with E-state index in [4.69, 9.17) is 9.47 Å². The molecule has 100 valence electrons. The highest BCUT2D eigenvalue weighted by molar-refractivity contribution is 7.99. The molecule has 1 aromatic rings. The number of thioether (sulfide) groups is 1. The van der Waals surface area contributed by atoms with Crippen molar-refractivity contribution in [3.8, 4) is 5.75 Å². The average Bonchev–Trinajstić information content (AvgIpc) is 2.88. The SMILES string of the molecule is COc1cccc(SCC2CCCO2)c1C(C)O. The van der Waals surface area contributed by atoms with E-state index in [1.165, 1.54) is 0 Å². The maximum absolute atomic E-state index is 9.88. The molecule has 4 heteroatoms. The minimum absolute atomic E-state index is 0.350. The van der Waals surface area contributed by atoms with Gasteiger partial charge in [-0.1, -0.05) is 6.07 Å². The Balaban J connectivity index is 2.10. The van der Waals surface area contributed by atoms with Crippen molar-refractivity contribution in [1.82, 2.24) is 0 Å². The van der Waals surface area contributed by atoms with Crippen LogP contribution in [-0.2, 0) is 4.74 Å². The number of benzene rings is 1. The molecule has 0 aliphatic carbocycles. The van der Waals surface area contributed by atoms with E-state index < -0.39 is 6.10 Å². The van der Waals surface area contributed by atoms with Crippen LogP contribution in [0.15, 0.2) is 23.1 Å². The van der Waals surface area contributed by atoms with Gasteiger partial charge in [-0.05, 0) is 31.9 Å². The van der Waals surface area contributed by atoms with Gasteiger partial charge >= 0.3 is 0 Å².